The van der Waals surface area contributed by atoms with Crippen molar-refractivity contribution in [1.29, 1.82) is 0 Å². The van der Waals surface area contributed by atoms with Crippen molar-refractivity contribution in [3.63, 3.8) is 0 Å². The SMILES string of the molecule is CC(C)CCC[C@@H](C)CCC[C@@H](C)CCC[C@@H]1CC2=CC(=O)C=C[C@@H]2[C@H]2CC[C@]3(C)[C@@H](O)CC[C@H]3[C@H]12. The zero-order valence-electron chi connectivity index (χ0n) is 24.2. The third-order valence-corrected chi connectivity index (χ3v) is 11.2. The summed E-state index contributed by atoms with van der Waals surface area (Å²) in [5, 5.41) is 10.9. The van der Waals surface area contributed by atoms with Crippen LogP contribution < -0.4 is 0 Å². The fourth-order valence-electron chi connectivity index (χ4n) is 9.00. The second-order valence-corrected chi connectivity index (χ2v) is 14.4. The lowest BCUT2D eigenvalue weighted by Crippen LogP contribution is -2.50. The number of fused-ring (bicyclic) bond motifs is 5. The third-order valence-electron chi connectivity index (χ3n) is 11.2. The van der Waals surface area contributed by atoms with Gasteiger partial charge in [-0.2, -0.15) is 0 Å². The highest BCUT2D eigenvalue weighted by molar-refractivity contribution is 6.00. The lowest BCUT2D eigenvalue weighted by Gasteiger charge is -2.55. The van der Waals surface area contributed by atoms with E-state index >= 15 is 0 Å². The molecule has 3 saturated carbocycles. The third kappa shape index (κ3) is 6.39. The number of aliphatic hydroxyl groups excluding tert-OH is 1. The maximum atomic E-state index is 12.2. The first-order valence-corrected chi connectivity index (χ1v) is 15.8. The summed E-state index contributed by atoms with van der Waals surface area (Å²) in [5.74, 6) is 5.98. The molecule has 0 amide bonds. The van der Waals surface area contributed by atoms with Crippen LogP contribution in [0.25, 0.3) is 0 Å². The molecule has 3 fully saturated rings. The zero-order chi connectivity index (χ0) is 25.9. The van der Waals surface area contributed by atoms with E-state index < -0.39 is 0 Å². The lowest BCUT2D eigenvalue weighted by molar-refractivity contribution is -0.111. The highest BCUT2D eigenvalue weighted by atomic mass is 16.3. The van der Waals surface area contributed by atoms with E-state index in [1.807, 2.05) is 12.2 Å². The van der Waals surface area contributed by atoms with Gasteiger partial charge in [-0.15, -0.1) is 0 Å². The zero-order valence-corrected chi connectivity index (χ0v) is 24.2. The van der Waals surface area contributed by atoms with Crippen molar-refractivity contribution in [2.75, 3.05) is 0 Å². The van der Waals surface area contributed by atoms with Gasteiger partial charge in [0.2, 0.25) is 0 Å². The van der Waals surface area contributed by atoms with Gasteiger partial charge in [0.25, 0.3) is 0 Å². The van der Waals surface area contributed by atoms with E-state index in [9.17, 15) is 9.90 Å². The molecule has 2 nitrogen and oxygen atoms in total. The minimum absolute atomic E-state index is 0.114. The number of rotatable bonds is 12. The van der Waals surface area contributed by atoms with Crippen LogP contribution in [0, 0.1) is 52.8 Å². The van der Waals surface area contributed by atoms with Crippen molar-refractivity contribution in [3.05, 3.63) is 23.8 Å². The average Bonchev–Trinajstić information content (AvgIpc) is 3.12. The number of allylic oxidation sites excluding steroid dienone is 4. The van der Waals surface area contributed by atoms with Crippen molar-refractivity contribution < 1.29 is 9.90 Å². The maximum absolute atomic E-state index is 12.2. The standard InChI is InChI=1S/C34H56O2/c1-23(2)9-6-10-24(3)11-7-12-25(4)13-8-14-26-21-27-22-28(35)15-16-29(27)30-19-20-34(5)31(33(26)30)17-18-32(34)36/h15-16,22-26,29-33,36H,6-14,17-21H2,1-5H3/t24-,25-,26-,29+,30-,31+,32+,33-,34+/m1/s1. The first-order valence-electron chi connectivity index (χ1n) is 15.8. The van der Waals surface area contributed by atoms with E-state index in [-0.39, 0.29) is 17.3 Å². The van der Waals surface area contributed by atoms with Crippen molar-refractivity contribution in [3.8, 4) is 0 Å². The molecule has 0 heterocycles. The molecule has 0 bridgehead atoms. The molecule has 0 saturated heterocycles. The Labute approximate surface area is 222 Å². The fourth-order valence-corrected chi connectivity index (χ4v) is 9.00. The van der Waals surface area contributed by atoms with Gasteiger partial charge in [-0.3, -0.25) is 4.79 Å². The van der Waals surface area contributed by atoms with Crippen LogP contribution in [0.5, 0.6) is 0 Å². The van der Waals surface area contributed by atoms with Crippen molar-refractivity contribution >= 4 is 5.78 Å². The minimum atomic E-state index is -0.114. The summed E-state index contributed by atoms with van der Waals surface area (Å²) in [5.41, 5.74) is 1.55. The number of hydrogen-bond acceptors (Lipinski definition) is 2. The Hall–Kier alpha value is -0.890. The van der Waals surface area contributed by atoms with Gasteiger partial charge in [-0.05, 0) is 97.5 Å². The predicted molar refractivity (Wildman–Crippen MR) is 152 cm³/mol. The van der Waals surface area contributed by atoms with Gasteiger partial charge in [0.1, 0.15) is 0 Å². The van der Waals surface area contributed by atoms with Crippen LogP contribution in [-0.4, -0.2) is 17.0 Å². The molecule has 0 aromatic carbocycles. The number of hydrogen-bond donors (Lipinski definition) is 1. The van der Waals surface area contributed by atoms with Gasteiger partial charge < -0.3 is 5.11 Å². The molecule has 4 rings (SSSR count). The Bertz CT molecular complexity index is 793. The van der Waals surface area contributed by atoms with Crippen molar-refractivity contribution in [2.24, 2.45) is 52.8 Å². The number of aliphatic hydroxyl groups is 1. The summed E-state index contributed by atoms with van der Waals surface area (Å²) in [7, 11) is 0. The summed E-state index contributed by atoms with van der Waals surface area (Å²) in [6, 6.07) is 0. The number of carbonyl (C=O) groups is 1. The Morgan fingerprint density at radius 3 is 2.31 bits per heavy atom. The van der Waals surface area contributed by atoms with E-state index in [1.165, 1.54) is 76.2 Å². The van der Waals surface area contributed by atoms with E-state index in [2.05, 4.69) is 40.7 Å². The Morgan fingerprint density at radius 2 is 1.61 bits per heavy atom. The minimum Gasteiger partial charge on any atom is -0.393 e. The smallest absolute Gasteiger partial charge is 0.178 e. The Kier molecular flexibility index (Phi) is 9.62. The number of carbonyl (C=O) groups excluding carboxylic acids is 1. The van der Waals surface area contributed by atoms with Crippen LogP contribution in [0.15, 0.2) is 23.8 Å². The molecule has 204 valence electrons. The Morgan fingerprint density at radius 1 is 0.944 bits per heavy atom. The Balaban J connectivity index is 1.29. The lowest BCUT2D eigenvalue weighted by atomic mass is 9.49. The van der Waals surface area contributed by atoms with Crippen LogP contribution in [-0.2, 0) is 4.79 Å². The van der Waals surface area contributed by atoms with Crippen LogP contribution >= 0.6 is 0 Å². The van der Waals surface area contributed by atoms with E-state index in [4.69, 9.17) is 0 Å². The van der Waals surface area contributed by atoms with E-state index in [0.29, 0.717) is 23.7 Å². The monoisotopic (exact) mass is 496 g/mol. The predicted octanol–water partition coefficient (Wildman–Crippen LogP) is 8.93. The van der Waals surface area contributed by atoms with Crippen molar-refractivity contribution in [1.82, 2.24) is 0 Å². The first kappa shape index (κ1) is 28.1. The summed E-state index contributed by atoms with van der Waals surface area (Å²) in [4.78, 5) is 12.2. The van der Waals surface area contributed by atoms with Crippen LogP contribution in [0.4, 0.5) is 0 Å². The highest BCUT2D eigenvalue weighted by Crippen LogP contribution is 2.63. The topological polar surface area (TPSA) is 37.3 Å². The molecule has 0 spiro atoms. The van der Waals surface area contributed by atoms with Gasteiger partial charge in [-0.1, -0.05) is 97.6 Å². The van der Waals surface area contributed by atoms with Crippen LogP contribution in [0.1, 0.15) is 125 Å². The van der Waals surface area contributed by atoms with Crippen molar-refractivity contribution in [2.45, 2.75) is 131 Å². The van der Waals surface area contributed by atoms with E-state index in [0.717, 1.165) is 42.9 Å². The second kappa shape index (κ2) is 12.3. The van der Waals surface area contributed by atoms with E-state index in [1.54, 1.807) is 0 Å². The van der Waals surface area contributed by atoms with Gasteiger partial charge >= 0.3 is 0 Å². The molecule has 0 aliphatic heterocycles. The van der Waals surface area contributed by atoms with Gasteiger partial charge in [0.15, 0.2) is 5.78 Å². The van der Waals surface area contributed by atoms with Crippen LogP contribution in [0.2, 0.25) is 0 Å². The summed E-state index contributed by atoms with van der Waals surface area (Å²) in [6.45, 7) is 12.0. The number of ketones is 1. The molecule has 1 N–H and O–H groups in total. The fraction of sp³-hybridized carbons (Fsp3) is 0.853. The molecule has 2 heteroatoms. The molecule has 4 aliphatic carbocycles. The highest BCUT2D eigenvalue weighted by Gasteiger charge is 2.57. The second-order valence-electron chi connectivity index (χ2n) is 14.4. The molecule has 0 radical (unpaired) electrons. The quantitative estimate of drug-likeness (QED) is 0.293. The normalized spacial score (nSPS) is 37.3. The summed E-state index contributed by atoms with van der Waals surface area (Å²) in [6.07, 6.45) is 24.0. The molecule has 0 aromatic rings. The maximum Gasteiger partial charge on any atom is 0.178 e. The summed E-state index contributed by atoms with van der Waals surface area (Å²) >= 11 is 0. The molecular weight excluding hydrogens is 440 g/mol. The molecule has 0 unspecified atom stereocenters. The molecule has 9 atom stereocenters. The average molecular weight is 497 g/mol. The van der Waals surface area contributed by atoms with Crippen LogP contribution in [0.3, 0.4) is 0 Å². The summed E-state index contributed by atoms with van der Waals surface area (Å²) < 4.78 is 0. The van der Waals surface area contributed by atoms with Gasteiger partial charge in [-0.25, -0.2) is 0 Å². The van der Waals surface area contributed by atoms with Gasteiger partial charge in [0, 0.05) is 5.92 Å². The molecule has 0 aromatic heterocycles. The largest absolute Gasteiger partial charge is 0.393 e. The van der Waals surface area contributed by atoms with Gasteiger partial charge in [0.05, 0.1) is 6.10 Å². The molecule has 36 heavy (non-hydrogen) atoms. The molecule has 4 aliphatic rings. The molecular formula is C34H56O2. The first-order chi connectivity index (χ1) is 17.2.